The highest BCUT2D eigenvalue weighted by atomic mass is 16.5. The van der Waals surface area contributed by atoms with Crippen LogP contribution in [-0.2, 0) is 0 Å². The molecule has 26 heavy (non-hydrogen) atoms. The molecule has 3 N–H and O–H groups in total. The fourth-order valence-electron chi connectivity index (χ4n) is 3.12. The van der Waals surface area contributed by atoms with Gasteiger partial charge in [-0.25, -0.2) is 4.79 Å². The third-order valence-electron chi connectivity index (χ3n) is 4.32. The molecule has 130 valence electrons. The van der Waals surface area contributed by atoms with E-state index in [1.165, 1.54) is 10.6 Å². The lowest BCUT2D eigenvalue weighted by atomic mass is 10.0. The van der Waals surface area contributed by atoms with E-state index in [2.05, 4.69) is 4.98 Å². The quantitative estimate of drug-likeness (QED) is 0.529. The van der Waals surface area contributed by atoms with Crippen molar-refractivity contribution in [1.29, 1.82) is 0 Å². The number of phenolic OH excluding ortho intramolecular Hbond substituents is 2. The second-order valence-electron chi connectivity index (χ2n) is 5.84. The van der Waals surface area contributed by atoms with Crippen molar-refractivity contribution in [2.45, 2.75) is 0 Å². The van der Waals surface area contributed by atoms with Crippen LogP contribution in [0.2, 0.25) is 0 Å². The predicted molar refractivity (Wildman–Crippen MR) is 99.2 cm³/mol. The second-order valence-corrected chi connectivity index (χ2v) is 5.84. The van der Waals surface area contributed by atoms with Gasteiger partial charge in [0, 0.05) is 17.2 Å². The molecule has 0 radical (unpaired) electrons. The van der Waals surface area contributed by atoms with Crippen LogP contribution in [0.15, 0.2) is 65.5 Å². The monoisotopic (exact) mass is 348 g/mol. The number of methoxy groups -OCH3 is 1. The Balaban J connectivity index is 2.02. The molecule has 4 aromatic rings. The van der Waals surface area contributed by atoms with E-state index in [4.69, 9.17) is 4.74 Å². The highest BCUT2D eigenvalue weighted by molar-refractivity contribution is 5.82. The fourth-order valence-corrected chi connectivity index (χ4v) is 3.12. The van der Waals surface area contributed by atoms with Gasteiger partial charge in [-0.2, -0.15) is 0 Å². The molecular formula is C20H16N2O4. The summed E-state index contributed by atoms with van der Waals surface area (Å²) in [7, 11) is 1.54. The van der Waals surface area contributed by atoms with Crippen molar-refractivity contribution in [2.24, 2.45) is 0 Å². The lowest BCUT2D eigenvalue weighted by Gasteiger charge is -2.13. The number of H-pyrrole nitrogens is 1. The third-order valence-corrected chi connectivity index (χ3v) is 4.32. The van der Waals surface area contributed by atoms with E-state index in [-0.39, 0.29) is 22.9 Å². The van der Waals surface area contributed by atoms with Crippen LogP contribution in [0, 0.1) is 0 Å². The summed E-state index contributed by atoms with van der Waals surface area (Å²) in [6.07, 6.45) is 0. The van der Waals surface area contributed by atoms with Gasteiger partial charge in [-0.1, -0.05) is 30.3 Å². The summed E-state index contributed by atoms with van der Waals surface area (Å²) >= 11 is 0. The zero-order valence-electron chi connectivity index (χ0n) is 13.9. The van der Waals surface area contributed by atoms with Crippen molar-refractivity contribution in [2.75, 3.05) is 7.11 Å². The summed E-state index contributed by atoms with van der Waals surface area (Å²) in [5.41, 5.74) is 2.28. The normalized spacial score (nSPS) is 11.0. The van der Waals surface area contributed by atoms with E-state index in [0.717, 1.165) is 0 Å². The van der Waals surface area contributed by atoms with Crippen molar-refractivity contribution in [1.82, 2.24) is 9.55 Å². The molecule has 6 nitrogen and oxygen atoms in total. The van der Waals surface area contributed by atoms with Crippen LogP contribution in [-0.4, -0.2) is 26.9 Å². The average Bonchev–Trinajstić information content (AvgIpc) is 2.98. The number of ether oxygens (including phenoxy) is 1. The standard InChI is InChI=1S/C20H16N2O4/c1-26-19-9-5-2-6-12(19)13-10-16(18(24)11-17(13)23)22-15-8-4-3-7-14(15)21-20(22)25/h2-11,23-24H,1H3,(H,21,25). The smallest absolute Gasteiger partial charge is 0.331 e. The number of hydrogen-bond donors (Lipinski definition) is 3. The largest absolute Gasteiger partial charge is 0.507 e. The fraction of sp³-hybridized carbons (Fsp3) is 0.0500. The van der Waals surface area contributed by atoms with Crippen LogP contribution >= 0.6 is 0 Å². The number of rotatable bonds is 3. The first kappa shape index (κ1) is 15.8. The molecule has 4 rings (SSSR count). The van der Waals surface area contributed by atoms with Gasteiger partial charge in [0.1, 0.15) is 17.2 Å². The number of fused-ring (bicyclic) bond motifs is 1. The van der Waals surface area contributed by atoms with Crippen LogP contribution in [0.3, 0.4) is 0 Å². The summed E-state index contributed by atoms with van der Waals surface area (Å²) < 4.78 is 6.74. The summed E-state index contributed by atoms with van der Waals surface area (Å²) in [4.78, 5) is 15.2. The molecule has 0 aliphatic heterocycles. The molecule has 1 heterocycles. The number of imidazole rings is 1. The van der Waals surface area contributed by atoms with Crippen molar-refractivity contribution >= 4 is 11.0 Å². The maximum atomic E-state index is 12.5. The average molecular weight is 348 g/mol. The van der Waals surface area contributed by atoms with E-state index >= 15 is 0 Å². The van der Waals surface area contributed by atoms with E-state index in [9.17, 15) is 15.0 Å². The molecular weight excluding hydrogens is 332 g/mol. The van der Waals surface area contributed by atoms with Crippen LogP contribution in [0.4, 0.5) is 0 Å². The van der Waals surface area contributed by atoms with Gasteiger partial charge in [-0.15, -0.1) is 0 Å². The Labute approximate surface area is 148 Å². The minimum Gasteiger partial charge on any atom is -0.507 e. The van der Waals surface area contributed by atoms with E-state index in [0.29, 0.717) is 27.9 Å². The van der Waals surface area contributed by atoms with Crippen LogP contribution in [0.1, 0.15) is 0 Å². The lowest BCUT2D eigenvalue weighted by Crippen LogP contribution is -2.14. The Morgan fingerprint density at radius 2 is 1.65 bits per heavy atom. The molecule has 0 bridgehead atoms. The molecule has 0 saturated heterocycles. The Morgan fingerprint density at radius 1 is 0.923 bits per heavy atom. The molecule has 1 aromatic heterocycles. The summed E-state index contributed by atoms with van der Waals surface area (Å²) in [6.45, 7) is 0. The number of para-hydroxylation sites is 3. The third kappa shape index (κ3) is 2.39. The molecule has 0 unspecified atom stereocenters. The van der Waals surface area contributed by atoms with Crippen LogP contribution in [0.5, 0.6) is 17.2 Å². The molecule has 0 fully saturated rings. The highest BCUT2D eigenvalue weighted by Crippen LogP contribution is 2.40. The molecule has 3 aromatic carbocycles. The zero-order chi connectivity index (χ0) is 18.3. The van der Waals surface area contributed by atoms with Gasteiger partial charge >= 0.3 is 5.69 Å². The number of hydrogen-bond acceptors (Lipinski definition) is 4. The predicted octanol–water partition coefficient (Wildman–Crippen LogP) is 3.41. The summed E-state index contributed by atoms with van der Waals surface area (Å²) in [5, 5.41) is 20.7. The number of aromatic nitrogens is 2. The Morgan fingerprint density at radius 3 is 2.46 bits per heavy atom. The van der Waals surface area contributed by atoms with E-state index in [1.54, 1.807) is 37.4 Å². The Hall–Kier alpha value is -3.67. The van der Waals surface area contributed by atoms with Gasteiger partial charge < -0.3 is 19.9 Å². The highest BCUT2D eigenvalue weighted by Gasteiger charge is 2.17. The number of benzene rings is 3. The van der Waals surface area contributed by atoms with Gasteiger partial charge in [0.05, 0.1) is 23.8 Å². The first-order valence-electron chi connectivity index (χ1n) is 7.99. The van der Waals surface area contributed by atoms with E-state index < -0.39 is 0 Å². The first-order valence-corrected chi connectivity index (χ1v) is 7.99. The van der Waals surface area contributed by atoms with Gasteiger partial charge in [-0.05, 0) is 24.3 Å². The number of nitrogens with zero attached hydrogens (tertiary/aromatic N) is 1. The Bertz CT molecular complexity index is 1170. The molecule has 0 spiro atoms. The maximum Gasteiger partial charge on any atom is 0.331 e. The molecule has 0 atom stereocenters. The van der Waals surface area contributed by atoms with Gasteiger partial charge in [0.15, 0.2) is 0 Å². The minimum absolute atomic E-state index is 0.108. The number of phenols is 2. The zero-order valence-corrected chi connectivity index (χ0v) is 13.9. The molecule has 6 heteroatoms. The SMILES string of the molecule is COc1ccccc1-c1cc(-n2c(=O)[nH]c3ccccc32)c(O)cc1O. The number of nitrogens with one attached hydrogen (secondary N) is 1. The molecule has 0 amide bonds. The number of aromatic amines is 1. The van der Waals surface area contributed by atoms with Crippen molar-refractivity contribution in [3.8, 4) is 34.1 Å². The first-order chi connectivity index (χ1) is 12.6. The van der Waals surface area contributed by atoms with E-state index in [1.807, 2.05) is 24.3 Å². The van der Waals surface area contributed by atoms with Crippen LogP contribution < -0.4 is 10.4 Å². The minimum atomic E-state index is -0.377. The topological polar surface area (TPSA) is 87.5 Å². The van der Waals surface area contributed by atoms with Gasteiger partial charge in [0.2, 0.25) is 0 Å². The Kier molecular flexibility index (Phi) is 3.65. The molecule has 0 aliphatic carbocycles. The van der Waals surface area contributed by atoms with Crippen molar-refractivity contribution < 1.29 is 14.9 Å². The van der Waals surface area contributed by atoms with Crippen LogP contribution in [0.25, 0.3) is 27.8 Å². The van der Waals surface area contributed by atoms with Crippen molar-refractivity contribution in [3.63, 3.8) is 0 Å². The molecule has 0 aliphatic rings. The number of aromatic hydroxyl groups is 2. The summed E-state index contributed by atoms with van der Waals surface area (Å²) in [6, 6.07) is 17.2. The summed E-state index contributed by atoms with van der Waals surface area (Å²) in [5.74, 6) is 0.266. The maximum absolute atomic E-state index is 12.5. The van der Waals surface area contributed by atoms with Gasteiger partial charge in [0.25, 0.3) is 0 Å². The van der Waals surface area contributed by atoms with Gasteiger partial charge in [-0.3, -0.25) is 4.57 Å². The van der Waals surface area contributed by atoms with Crippen molar-refractivity contribution in [3.05, 3.63) is 71.1 Å². The second kappa shape index (κ2) is 6.00. The molecule has 0 saturated carbocycles. The lowest BCUT2D eigenvalue weighted by molar-refractivity contribution is 0.415.